The minimum atomic E-state index is -0.0810. The number of amides is 1. The van der Waals surface area contributed by atoms with Crippen molar-refractivity contribution in [3.8, 4) is 11.5 Å². The smallest absolute Gasteiger partial charge is 0.251 e. The number of carbonyl (C=O) groups excluding carboxylic acids is 1. The molecule has 23 heavy (non-hydrogen) atoms. The molecule has 1 N–H and O–H groups in total. The van der Waals surface area contributed by atoms with Gasteiger partial charge in [0.1, 0.15) is 13.2 Å². The Morgan fingerprint density at radius 3 is 2.61 bits per heavy atom. The number of nitrogens with one attached hydrogen (secondary N) is 1. The molecule has 1 aliphatic rings. The summed E-state index contributed by atoms with van der Waals surface area (Å²) < 4.78 is 11.0. The molecule has 1 amide bonds. The molecule has 0 saturated heterocycles. The number of aryl methyl sites for hydroxylation is 1. The first-order chi connectivity index (χ1) is 11.2. The Hall–Kier alpha value is -2.49. The van der Waals surface area contributed by atoms with Gasteiger partial charge < -0.3 is 14.8 Å². The van der Waals surface area contributed by atoms with Gasteiger partial charge in [0, 0.05) is 11.6 Å². The third-order valence-corrected chi connectivity index (χ3v) is 3.89. The predicted octanol–water partition coefficient (Wildman–Crippen LogP) is 3.21. The lowest BCUT2D eigenvalue weighted by atomic mass is 10.1. The van der Waals surface area contributed by atoms with E-state index in [9.17, 15) is 4.79 Å². The molecule has 0 spiro atoms. The second-order valence-corrected chi connectivity index (χ2v) is 5.76. The van der Waals surface area contributed by atoms with E-state index in [1.165, 1.54) is 5.56 Å². The lowest BCUT2D eigenvalue weighted by molar-refractivity contribution is 0.0937. The van der Waals surface area contributed by atoms with Gasteiger partial charge in [-0.3, -0.25) is 4.79 Å². The third kappa shape index (κ3) is 4.03. The summed E-state index contributed by atoms with van der Waals surface area (Å²) in [5, 5.41) is 3.04. The van der Waals surface area contributed by atoms with Crippen LogP contribution in [0.1, 0.15) is 29.3 Å². The number of carbonyl (C=O) groups is 1. The molecule has 0 aliphatic carbocycles. The van der Waals surface area contributed by atoms with Crippen LogP contribution in [-0.2, 0) is 6.42 Å². The number of fused-ring (bicyclic) bond motifs is 1. The number of rotatable bonds is 5. The Bertz CT molecular complexity index is 670. The van der Waals surface area contributed by atoms with E-state index in [2.05, 4.69) is 17.4 Å². The van der Waals surface area contributed by atoms with Crippen LogP contribution < -0.4 is 14.8 Å². The lowest BCUT2D eigenvalue weighted by Crippen LogP contribution is -2.33. The van der Waals surface area contributed by atoms with Crippen LogP contribution in [0.15, 0.2) is 48.5 Å². The van der Waals surface area contributed by atoms with Crippen LogP contribution in [0.3, 0.4) is 0 Å². The van der Waals surface area contributed by atoms with E-state index in [0.717, 1.165) is 12.8 Å². The molecule has 4 heteroatoms. The normalized spacial score (nSPS) is 14.1. The Labute approximate surface area is 136 Å². The van der Waals surface area contributed by atoms with E-state index >= 15 is 0 Å². The van der Waals surface area contributed by atoms with Crippen molar-refractivity contribution in [2.45, 2.75) is 25.8 Å². The fourth-order valence-corrected chi connectivity index (χ4v) is 2.59. The molecule has 120 valence electrons. The van der Waals surface area contributed by atoms with Crippen molar-refractivity contribution >= 4 is 5.91 Å². The Kier molecular flexibility index (Phi) is 4.81. The largest absolute Gasteiger partial charge is 0.486 e. The molecule has 1 heterocycles. The van der Waals surface area contributed by atoms with Crippen molar-refractivity contribution in [3.63, 3.8) is 0 Å². The molecule has 0 saturated carbocycles. The van der Waals surface area contributed by atoms with Crippen LogP contribution in [0.5, 0.6) is 11.5 Å². The van der Waals surface area contributed by atoms with Gasteiger partial charge in [-0.25, -0.2) is 0 Å². The molecule has 4 nitrogen and oxygen atoms in total. The summed E-state index contributed by atoms with van der Waals surface area (Å²) in [5.41, 5.74) is 1.88. The molecule has 2 aromatic carbocycles. The highest BCUT2D eigenvalue weighted by Gasteiger charge is 2.16. The van der Waals surface area contributed by atoms with Gasteiger partial charge in [-0.15, -0.1) is 0 Å². The average Bonchev–Trinajstić information content (AvgIpc) is 2.60. The Balaban J connectivity index is 1.56. The van der Waals surface area contributed by atoms with Crippen LogP contribution in [0, 0.1) is 0 Å². The van der Waals surface area contributed by atoms with Crippen LogP contribution in [-0.4, -0.2) is 25.2 Å². The fraction of sp³-hybridized carbons (Fsp3) is 0.316. The van der Waals surface area contributed by atoms with Gasteiger partial charge in [-0.05, 0) is 43.5 Å². The topological polar surface area (TPSA) is 47.6 Å². The van der Waals surface area contributed by atoms with Gasteiger partial charge in [0.2, 0.25) is 0 Å². The third-order valence-electron chi connectivity index (χ3n) is 3.89. The highest BCUT2D eigenvalue weighted by atomic mass is 16.6. The average molecular weight is 311 g/mol. The monoisotopic (exact) mass is 311 g/mol. The Morgan fingerprint density at radius 1 is 1.09 bits per heavy atom. The number of hydrogen-bond acceptors (Lipinski definition) is 3. The summed E-state index contributed by atoms with van der Waals surface area (Å²) in [6.07, 6.45) is 1.85. The maximum absolute atomic E-state index is 12.3. The molecule has 3 rings (SSSR count). The van der Waals surface area contributed by atoms with Crippen molar-refractivity contribution in [2.75, 3.05) is 13.2 Å². The van der Waals surface area contributed by atoms with Crippen LogP contribution in [0.2, 0.25) is 0 Å². The summed E-state index contributed by atoms with van der Waals surface area (Å²) in [6, 6.07) is 15.7. The summed E-state index contributed by atoms with van der Waals surface area (Å²) in [5.74, 6) is 1.26. The Morgan fingerprint density at radius 2 is 1.83 bits per heavy atom. The molecule has 1 aliphatic heterocycles. The van der Waals surface area contributed by atoms with E-state index in [1.54, 1.807) is 18.2 Å². The van der Waals surface area contributed by atoms with E-state index in [-0.39, 0.29) is 11.9 Å². The standard InChI is InChI=1S/C19H21NO3/c1-14(7-8-15-5-3-2-4-6-15)20-19(21)16-9-10-17-18(13-16)23-12-11-22-17/h2-6,9-10,13-14H,7-8,11-12H2,1H3,(H,20,21). The molecule has 1 atom stereocenters. The van der Waals surface area contributed by atoms with Crippen molar-refractivity contribution in [2.24, 2.45) is 0 Å². The van der Waals surface area contributed by atoms with E-state index in [4.69, 9.17) is 9.47 Å². The molecule has 0 radical (unpaired) electrons. The molecule has 0 aromatic heterocycles. The van der Waals surface area contributed by atoms with E-state index in [0.29, 0.717) is 30.3 Å². The zero-order valence-corrected chi connectivity index (χ0v) is 13.2. The van der Waals surface area contributed by atoms with Gasteiger partial charge in [0.25, 0.3) is 5.91 Å². The van der Waals surface area contributed by atoms with Crippen molar-refractivity contribution in [3.05, 3.63) is 59.7 Å². The highest BCUT2D eigenvalue weighted by Crippen LogP contribution is 2.30. The molecule has 1 unspecified atom stereocenters. The molecule has 2 aromatic rings. The summed E-state index contributed by atoms with van der Waals surface area (Å²) >= 11 is 0. The quantitative estimate of drug-likeness (QED) is 0.922. The molecular formula is C19H21NO3. The molecule has 0 bridgehead atoms. The van der Waals surface area contributed by atoms with Gasteiger partial charge >= 0.3 is 0 Å². The van der Waals surface area contributed by atoms with Crippen LogP contribution >= 0.6 is 0 Å². The van der Waals surface area contributed by atoms with Crippen LogP contribution in [0.4, 0.5) is 0 Å². The zero-order chi connectivity index (χ0) is 16.1. The maximum atomic E-state index is 12.3. The summed E-state index contributed by atoms with van der Waals surface area (Å²) in [7, 11) is 0. The van der Waals surface area contributed by atoms with E-state index in [1.807, 2.05) is 25.1 Å². The van der Waals surface area contributed by atoms with Gasteiger partial charge in [0.05, 0.1) is 0 Å². The first-order valence-corrected chi connectivity index (χ1v) is 7.97. The highest BCUT2D eigenvalue weighted by molar-refractivity contribution is 5.95. The van der Waals surface area contributed by atoms with Gasteiger partial charge in [0.15, 0.2) is 11.5 Å². The zero-order valence-electron chi connectivity index (χ0n) is 13.2. The lowest BCUT2D eigenvalue weighted by Gasteiger charge is -2.19. The summed E-state index contributed by atoms with van der Waals surface area (Å²) in [4.78, 5) is 12.3. The van der Waals surface area contributed by atoms with Gasteiger partial charge in [-0.2, -0.15) is 0 Å². The van der Waals surface area contributed by atoms with Crippen molar-refractivity contribution < 1.29 is 14.3 Å². The van der Waals surface area contributed by atoms with Crippen molar-refractivity contribution in [1.82, 2.24) is 5.32 Å². The van der Waals surface area contributed by atoms with Crippen LogP contribution in [0.25, 0.3) is 0 Å². The minimum Gasteiger partial charge on any atom is -0.486 e. The maximum Gasteiger partial charge on any atom is 0.251 e. The molecular weight excluding hydrogens is 290 g/mol. The van der Waals surface area contributed by atoms with Gasteiger partial charge in [-0.1, -0.05) is 30.3 Å². The first-order valence-electron chi connectivity index (χ1n) is 7.97. The number of benzene rings is 2. The fourth-order valence-electron chi connectivity index (χ4n) is 2.59. The summed E-state index contributed by atoms with van der Waals surface area (Å²) in [6.45, 7) is 3.10. The SMILES string of the molecule is CC(CCc1ccccc1)NC(=O)c1ccc2c(c1)OCCO2. The number of ether oxygens (including phenoxy) is 2. The number of hydrogen-bond donors (Lipinski definition) is 1. The van der Waals surface area contributed by atoms with E-state index < -0.39 is 0 Å². The second kappa shape index (κ2) is 7.18. The second-order valence-electron chi connectivity index (χ2n) is 5.76. The van der Waals surface area contributed by atoms with Crippen molar-refractivity contribution in [1.29, 1.82) is 0 Å². The predicted molar refractivity (Wildman–Crippen MR) is 89.1 cm³/mol. The minimum absolute atomic E-state index is 0.0810. The first kappa shape index (κ1) is 15.4. The molecule has 0 fully saturated rings.